The van der Waals surface area contributed by atoms with E-state index in [9.17, 15) is 9.90 Å². The Morgan fingerprint density at radius 1 is 1.50 bits per heavy atom. The first-order chi connectivity index (χ1) is 8.63. The molecular formula is C14H15NO3. The van der Waals surface area contributed by atoms with E-state index in [1.165, 1.54) is 0 Å². The number of hydrogen-bond donors (Lipinski definition) is 1. The van der Waals surface area contributed by atoms with E-state index in [2.05, 4.69) is 4.57 Å². The lowest BCUT2D eigenvalue weighted by Crippen LogP contribution is -2.07. The Kier molecular flexibility index (Phi) is 2.33. The molecule has 1 unspecified atom stereocenters. The van der Waals surface area contributed by atoms with Crippen molar-refractivity contribution in [3.63, 3.8) is 0 Å². The number of rotatable bonds is 2. The number of carboxylic acids is 1. The SMILES string of the molecule is COc1ccc2c(c1)c1c(n2C)CCC1C(=O)O. The van der Waals surface area contributed by atoms with E-state index in [1.807, 2.05) is 25.2 Å². The van der Waals surface area contributed by atoms with Gasteiger partial charge in [-0.25, -0.2) is 0 Å². The topological polar surface area (TPSA) is 51.5 Å². The summed E-state index contributed by atoms with van der Waals surface area (Å²) >= 11 is 0. The average molecular weight is 245 g/mol. The molecule has 0 amide bonds. The van der Waals surface area contributed by atoms with Crippen LogP contribution in [0.1, 0.15) is 23.6 Å². The second-order valence-electron chi connectivity index (χ2n) is 4.73. The van der Waals surface area contributed by atoms with Crippen molar-refractivity contribution in [2.45, 2.75) is 18.8 Å². The summed E-state index contributed by atoms with van der Waals surface area (Å²) in [5.41, 5.74) is 3.19. The number of aromatic nitrogens is 1. The smallest absolute Gasteiger partial charge is 0.311 e. The quantitative estimate of drug-likeness (QED) is 0.883. The third-order valence-corrected chi connectivity index (χ3v) is 3.89. The standard InChI is InChI=1S/C14H15NO3/c1-15-11-5-3-8(18-2)7-10(11)13-9(14(16)17)4-6-12(13)15/h3,5,7,9H,4,6H2,1-2H3,(H,16,17). The number of hydrogen-bond acceptors (Lipinski definition) is 2. The molecule has 0 fully saturated rings. The first-order valence-corrected chi connectivity index (χ1v) is 6.01. The Morgan fingerprint density at radius 3 is 2.94 bits per heavy atom. The van der Waals surface area contributed by atoms with Gasteiger partial charge in [-0.15, -0.1) is 0 Å². The minimum atomic E-state index is -0.732. The van der Waals surface area contributed by atoms with Gasteiger partial charge in [-0.2, -0.15) is 0 Å². The Bertz CT molecular complexity index is 642. The van der Waals surface area contributed by atoms with Crippen LogP contribution in [0.15, 0.2) is 18.2 Å². The zero-order chi connectivity index (χ0) is 12.9. The van der Waals surface area contributed by atoms with Crippen molar-refractivity contribution < 1.29 is 14.6 Å². The molecule has 94 valence electrons. The summed E-state index contributed by atoms with van der Waals surface area (Å²) in [7, 11) is 3.62. The van der Waals surface area contributed by atoms with Gasteiger partial charge in [-0.05, 0) is 36.6 Å². The highest BCUT2D eigenvalue weighted by atomic mass is 16.5. The second-order valence-corrected chi connectivity index (χ2v) is 4.73. The maximum atomic E-state index is 11.3. The van der Waals surface area contributed by atoms with Gasteiger partial charge in [-0.3, -0.25) is 4.79 Å². The molecule has 1 aromatic heterocycles. The van der Waals surface area contributed by atoms with Gasteiger partial charge in [-0.1, -0.05) is 0 Å². The molecule has 1 aliphatic rings. The van der Waals surface area contributed by atoms with Gasteiger partial charge in [0.2, 0.25) is 0 Å². The number of benzene rings is 1. The van der Waals surface area contributed by atoms with E-state index in [4.69, 9.17) is 4.74 Å². The number of carbonyl (C=O) groups is 1. The third-order valence-electron chi connectivity index (χ3n) is 3.89. The van der Waals surface area contributed by atoms with Gasteiger partial charge in [0.25, 0.3) is 0 Å². The molecule has 1 N–H and O–H groups in total. The molecule has 2 aromatic rings. The largest absolute Gasteiger partial charge is 0.497 e. The minimum Gasteiger partial charge on any atom is -0.497 e. The number of aliphatic carboxylic acids is 1. The summed E-state index contributed by atoms with van der Waals surface area (Å²) in [6, 6.07) is 5.84. The van der Waals surface area contributed by atoms with Crippen LogP contribution in [0, 0.1) is 0 Å². The van der Waals surface area contributed by atoms with Crippen LogP contribution in [0.4, 0.5) is 0 Å². The summed E-state index contributed by atoms with van der Waals surface area (Å²) in [4.78, 5) is 11.3. The predicted molar refractivity (Wildman–Crippen MR) is 68.2 cm³/mol. The minimum absolute atomic E-state index is 0.379. The van der Waals surface area contributed by atoms with Crippen LogP contribution in [0.3, 0.4) is 0 Å². The Labute approximate surface area is 105 Å². The van der Waals surface area contributed by atoms with E-state index in [0.717, 1.165) is 34.3 Å². The second kappa shape index (κ2) is 3.77. The van der Waals surface area contributed by atoms with Crippen molar-refractivity contribution in [3.8, 4) is 5.75 Å². The van der Waals surface area contributed by atoms with Gasteiger partial charge in [0.15, 0.2) is 0 Å². The van der Waals surface area contributed by atoms with Gasteiger partial charge in [0.1, 0.15) is 5.75 Å². The lowest BCUT2D eigenvalue weighted by atomic mass is 10.0. The molecule has 0 aliphatic heterocycles. The summed E-state index contributed by atoms with van der Waals surface area (Å²) in [5, 5.41) is 10.3. The van der Waals surface area contributed by atoms with Crippen molar-refractivity contribution in [2.24, 2.45) is 7.05 Å². The molecule has 4 nitrogen and oxygen atoms in total. The van der Waals surface area contributed by atoms with Crippen molar-refractivity contribution in [2.75, 3.05) is 7.11 Å². The molecule has 0 saturated carbocycles. The van der Waals surface area contributed by atoms with Gasteiger partial charge in [0.05, 0.1) is 13.0 Å². The number of carboxylic acid groups (broad SMARTS) is 1. The first-order valence-electron chi connectivity index (χ1n) is 6.01. The molecule has 1 heterocycles. The Balaban J connectivity index is 2.31. The highest BCUT2D eigenvalue weighted by molar-refractivity contribution is 5.93. The van der Waals surface area contributed by atoms with Crippen molar-refractivity contribution in [3.05, 3.63) is 29.5 Å². The maximum absolute atomic E-state index is 11.3. The van der Waals surface area contributed by atoms with Crippen LogP contribution < -0.4 is 4.74 Å². The van der Waals surface area contributed by atoms with Crippen molar-refractivity contribution in [1.82, 2.24) is 4.57 Å². The number of fused-ring (bicyclic) bond motifs is 3. The monoisotopic (exact) mass is 245 g/mol. The highest BCUT2D eigenvalue weighted by Gasteiger charge is 2.33. The third kappa shape index (κ3) is 1.35. The Hall–Kier alpha value is -1.97. The average Bonchev–Trinajstić information content (AvgIpc) is 2.90. The number of ether oxygens (including phenoxy) is 1. The highest BCUT2D eigenvalue weighted by Crippen LogP contribution is 2.41. The van der Waals surface area contributed by atoms with E-state index >= 15 is 0 Å². The molecule has 1 aliphatic carbocycles. The molecule has 0 spiro atoms. The first kappa shape index (κ1) is 11.1. The summed E-state index contributed by atoms with van der Waals surface area (Å²) in [6.45, 7) is 0. The lowest BCUT2D eigenvalue weighted by Gasteiger charge is -2.06. The van der Waals surface area contributed by atoms with Gasteiger partial charge in [0, 0.05) is 23.6 Å². The van der Waals surface area contributed by atoms with Crippen LogP contribution in [0.5, 0.6) is 5.75 Å². The normalized spacial score (nSPS) is 18.0. The molecule has 1 atom stereocenters. The molecule has 0 bridgehead atoms. The number of aryl methyl sites for hydroxylation is 1. The fourth-order valence-electron chi connectivity index (χ4n) is 3.00. The van der Waals surface area contributed by atoms with Crippen molar-refractivity contribution >= 4 is 16.9 Å². The molecule has 3 rings (SSSR count). The molecule has 0 saturated heterocycles. The maximum Gasteiger partial charge on any atom is 0.311 e. The zero-order valence-electron chi connectivity index (χ0n) is 10.4. The lowest BCUT2D eigenvalue weighted by molar-refractivity contribution is -0.138. The van der Waals surface area contributed by atoms with E-state index in [0.29, 0.717) is 6.42 Å². The molecule has 4 heteroatoms. The van der Waals surface area contributed by atoms with Crippen molar-refractivity contribution in [1.29, 1.82) is 0 Å². The zero-order valence-corrected chi connectivity index (χ0v) is 10.4. The fraction of sp³-hybridized carbons (Fsp3) is 0.357. The summed E-state index contributed by atoms with van der Waals surface area (Å²) in [6.07, 6.45) is 1.53. The van der Waals surface area contributed by atoms with Crippen LogP contribution in [-0.4, -0.2) is 22.8 Å². The van der Waals surface area contributed by atoms with Gasteiger partial charge < -0.3 is 14.4 Å². The van der Waals surface area contributed by atoms with E-state index < -0.39 is 5.97 Å². The van der Waals surface area contributed by atoms with E-state index in [-0.39, 0.29) is 5.92 Å². The van der Waals surface area contributed by atoms with E-state index in [1.54, 1.807) is 7.11 Å². The Morgan fingerprint density at radius 2 is 2.28 bits per heavy atom. The van der Waals surface area contributed by atoms with Crippen LogP contribution in [-0.2, 0) is 18.3 Å². The molecule has 0 radical (unpaired) electrons. The summed E-state index contributed by atoms with van der Waals surface area (Å²) < 4.78 is 7.33. The predicted octanol–water partition coefficient (Wildman–Crippen LogP) is 2.30. The number of nitrogens with zero attached hydrogens (tertiary/aromatic N) is 1. The van der Waals surface area contributed by atoms with Crippen LogP contribution >= 0.6 is 0 Å². The molecule has 1 aromatic carbocycles. The van der Waals surface area contributed by atoms with Crippen LogP contribution in [0.25, 0.3) is 10.9 Å². The van der Waals surface area contributed by atoms with Crippen LogP contribution in [0.2, 0.25) is 0 Å². The fourth-order valence-corrected chi connectivity index (χ4v) is 3.00. The molecular weight excluding hydrogens is 230 g/mol. The number of methoxy groups -OCH3 is 1. The van der Waals surface area contributed by atoms with Gasteiger partial charge >= 0.3 is 5.97 Å². The summed E-state index contributed by atoms with van der Waals surface area (Å²) in [5.74, 6) is -0.341. The molecule has 18 heavy (non-hydrogen) atoms.